The summed E-state index contributed by atoms with van der Waals surface area (Å²) in [5, 5.41) is 11.3. The highest BCUT2D eigenvalue weighted by Gasteiger charge is 2.12. The van der Waals surface area contributed by atoms with Gasteiger partial charge in [-0.2, -0.15) is 0 Å². The lowest BCUT2D eigenvalue weighted by Crippen LogP contribution is -2.27. The molecule has 0 aliphatic rings. The number of nitrogens with one attached hydrogen (secondary N) is 1. The summed E-state index contributed by atoms with van der Waals surface area (Å²) in [6.45, 7) is 5.90. The van der Waals surface area contributed by atoms with Gasteiger partial charge in [0.1, 0.15) is 0 Å². The topological polar surface area (TPSA) is 66.4 Å². The van der Waals surface area contributed by atoms with E-state index in [1.807, 2.05) is 39.0 Å². The molecule has 98 valence electrons. The van der Waals surface area contributed by atoms with E-state index in [1.54, 1.807) is 0 Å². The van der Waals surface area contributed by atoms with Gasteiger partial charge in [-0.25, -0.2) is 0 Å². The van der Waals surface area contributed by atoms with E-state index >= 15 is 0 Å². The number of carboxylic acid groups (broad SMARTS) is 1. The van der Waals surface area contributed by atoms with Gasteiger partial charge < -0.3 is 10.4 Å². The number of carbonyl (C=O) groups excluding carboxylic acids is 1. The summed E-state index contributed by atoms with van der Waals surface area (Å²) in [4.78, 5) is 21.9. The summed E-state index contributed by atoms with van der Waals surface area (Å²) in [7, 11) is 0. The Hall–Kier alpha value is -1.84. The van der Waals surface area contributed by atoms with Crippen LogP contribution in [0, 0.1) is 13.8 Å². The molecule has 0 spiro atoms. The van der Waals surface area contributed by atoms with Gasteiger partial charge in [0, 0.05) is 6.42 Å². The summed E-state index contributed by atoms with van der Waals surface area (Å²) >= 11 is 0. The molecular formula is C14H19NO3. The van der Waals surface area contributed by atoms with Crippen LogP contribution in [0.5, 0.6) is 0 Å². The molecule has 0 radical (unpaired) electrons. The molecule has 0 bridgehead atoms. The van der Waals surface area contributed by atoms with Crippen molar-refractivity contribution < 1.29 is 14.7 Å². The average molecular weight is 249 g/mol. The third-order valence-corrected chi connectivity index (χ3v) is 2.84. The average Bonchev–Trinajstić information content (AvgIpc) is 2.29. The molecule has 2 N–H and O–H groups in total. The van der Waals surface area contributed by atoms with E-state index in [4.69, 9.17) is 5.11 Å². The van der Waals surface area contributed by atoms with Crippen molar-refractivity contribution in [2.75, 3.05) is 0 Å². The van der Waals surface area contributed by atoms with E-state index in [1.165, 1.54) is 0 Å². The molecule has 0 saturated heterocycles. The number of rotatable bonds is 5. The van der Waals surface area contributed by atoms with Crippen LogP contribution in [0.3, 0.4) is 0 Å². The van der Waals surface area contributed by atoms with E-state index in [2.05, 4.69) is 5.32 Å². The lowest BCUT2D eigenvalue weighted by Gasteiger charge is -2.17. The van der Waals surface area contributed by atoms with Gasteiger partial charge >= 0.3 is 5.97 Å². The van der Waals surface area contributed by atoms with Gasteiger partial charge in [0.2, 0.25) is 5.91 Å². The molecule has 0 aromatic heterocycles. The molecule has 4 nitrogen and oxygen atoms in total. The number of aliphatic carboxylic acids is 1. The fraction of sp³-hybridized carbons (Fsp3) is 0.429. The highest BCUT2D eigenvalue weighted by Crippen LogP contribution is 2.18. The zero-order chi connectivity index (χ0) is 13.7. The largest absolute Gasteiger partial charge is 0.481 e. The zero-order valence-corrected chi connectivity index (χ0v) is 11.0. The molecule has 1 unspecified atom stereocenters. The summed E-state index contributed by atoms with van der Waals surface area (Å²) in [5.74, 6) is -1.18. The normalized spacial score (nSPS) is 11.9. The van der Waals surface area contributed by atoms with Crippen molar-refractivity contribution in [3.8, 4) is 0 Å². The van der Waals surface area contributed by atoms with Crippen molar-refractivity contribution in [2.24, 2.45) is 0 Å². The maximum absolute atomic E-state index is 11.6. The first-order valence-corrected chi connectivity index (χ1v) is 5.98. The summed E-state index contributed by atoms with van der Waals surface area (Å²) in [5.41, 5.74) is 3.33. The van der Waals surface area contributed by atoms with Crippen LogP contribution >= 0.6 is 0 Å². The van der Waals surface area contributed by atoms with Crippen molar-refractivity contribution >= 4 is 11.9 Å². The Balaban J connectivity index is 2.64. The molecular weight excluding hydrogens is 230 g/mol. The zero-order valence-electron chi connectivity index (χ0n) is 11.0. The standard InChI is InChI=1S/C14H19NO3/c1-9-4-5-10(2)12(8-9)11(3)15-13(16)6-7-14(17)18/h4-5,8,11H,6-7H2,1-3H3,(H,15,16)(H,17,18). The minimum absolute atomic E-state index is 0.0184. The number of benzene rings is 1. The number of carboxylic acids is 1. The minimum atomic E-state index is -0.954. The van der Waals surface area contributed by atoms with Gasteiger partial charge in [-0.15, -0.1) is 0 Å². The minimum Gasteiger partial charge on any atom is -0.481 e. The van der Waals surface area contributed by atoms with E-state index in [-0.39, 0.29) is 24.8 Å². The van der Waals surface area contributed by atoms with Crippen molar-refractivity contribution in [2.45, 2.75) is 39.7 Å². The molecule has 1 amide bonds. The Morgan fingerprint density at radius 2 is 1.94 bits per heavy atom. The molecule has 0 aliphatic carbocycles. The molecule has 1 aromatic rings. The Morgan fingerprint density at radius 1 is 1.28 bits per heavy atom. The highest BCUT2D eigenvalue weighted by molar-refractivity contribution is 5.80. The molecule has 1 rings (SSSR count). The molecule has 0 heterocycles. The first-order valence-electron chi connectivity index (χ1n) is 5.98. The first-order chi connectivity index (χ1) is 8.40. The van der Waals surface area contributed by atoms with Crippen molar-refractivity contribution in [3.63, 3.8) is 0 Å². The number of hydrogen-bond donors (Lipinski definition) is 2. The van der Waals surface area contributed by atoms with Crippen LogP contribution in [-0.4, -0.2) is 17.0 Å². The predicted octanol–water partition coefficient (Wildman–Crippen LogP) is 2.35. The summed E-state index contributed by atoms with van der Waals surface area (Å²) in [6.07, 6.45) is -0.115. The summed E-state index contributed by atoms with van der Waals surface area (Å²) in [6, 6.07) is 5.98. The van der Waals surface area contributed by atoms with Crippen LogP contribution < -0.4 is 5.32 Å². The van der Waals surface area contributed by atoms with Gasteiger partial charge in [-0.05, 0) is 31.9 Å². The number of amides is 1. The van der Waals surface area contributed by atoms with Crippen LogP contribution in [-0.2, 0) is 9.59 Å². The summed E-state index contributed by atoms with van der Waals surface area (Å²) < 4.78 is 0. The van der Waals surface area contributed by atoms with E-state index < -0.39 is 5.97 Å². The Morgan fingerprint density at radius 3 is 2.56 bits per heavy atom. The smallest absolute Gasteiger partial charge is 0.303 e. The van der Waals surface area contributed by atoms with Crippen LogP contribution in [0.15, 0.2) is 18.2 Å². The molecule has 0 fully saturated rings. The van der Waals surface area contributed by atoms with Crippen molar-refractivity contribution in [1.29, 1.82) is 0 Å². The Bertz CT molecular complexity index is 454. The van der Waals surface area contributed by atoms with Gasteiger partial charge in [-0.1, -0.05) is 23.8 Å². The molecule has 1 atom stereocenters. The number of aryl methyl sites for hydroxylation is 2. The van der Waals surface area contributed by atoms with Crippen LogP contribution in [0.4, 0.5) is 0 Å². The molecule has 0 aliphatic heterocycles. The Kier molecular flexibility index (Phi) is 4.89. The van der Waals surface area contributed by atoms with Crippen molar-refractivity contribution in [3.05, 3.63) is 34.9 Å². The van der Waals surface area contributed by atoms with E-state index in [0.29, 0.717) is 0 Å². The maximum atomic E-state index is 11.6. The Labute approximate surface area is 107 Å². The van der Waals surface area contributed by atoms with Gasteiger partial charge in [0.15, 0.2) is 0 Å². The van der Waals surface area contributed by atoms with Crippen LogP contribution in [0.1, 0.15) is 42.5 Å². The van der Waals surface area contributed by atoms with Crippen LogP contribution in [0.2, 0.25) is 0 Å². The predicted molar refractivity (Wildman–Crippen MR) is 69.3 cm³/mol. The first kappa shape index (κ1) is 14.2. The second-order valence-corrected chi connectivity index (χ2v) is 4.54. The molecule has 18 heavy (non-hydrogen) atoms. The SMILES string of the molecule is Cc1ccc(C)c(C(C)NC(=O)CCC(=O)O)c1. The van der Waals surface area contributed by atoms with Crippen molar-refractivity contribution in [1.82, 2.24) is 5.32 Å². The quantitative estimate of drug-likeness (QED) is 0.841. The fourth-order valence-corrected chi connectivity index (χ4v) is 1.84. The van der Waals surface area contributed by atoms with Gasteiger partial charge in [0.25, 0.3) is 0 Å². The van der Waals surface area contributed by atoms with E-state index in [9.17, 15) is 9.59 Å². The van der Waals surface area contributed by atoms with Crippen LogP contribution in [0.25, 0.3) is 0 Å². The third kappa shape index (κ3) is 4.20. The lowest BCUT2D eigenvalue weighted by atomic mass is 10.00. The third-order valence-electron chi connectivity index (χ3n) is 2.84. The monoisotopic (exact) mass is 249 g/mol. The molecule has 1 aromatic carbocycles. The molecule has 4 heteroatoms. The molecule has 0 saturated carbocycles. The number of carbonyl (C=O) groups is 2. The second kappa shape index (κ2) is 6.19. The maximum Gasteiger partial charge on any atom is 0.303 e. The number of hydrogen-bond acceptors (Lipinski definition) is 2. The van der Waals surface area contributed by atoms with Gasteiger partial charge in [-0.3, -0.25) is 9.59 Å². The lowest BCUT2D eigenvalue weighted by molar-refractivity contribution is -0.138. The second-order valence-electron chi connectivity index (χ2n) is 4.54. The van der Waals surface area contributed by atoms with E-state index in [0.717, 1.165) is 16.7 Å². The van der Waals surface area contributed by atoms with Gasteiger partial charge in [0.05, 0.1) is 12.5 Å². The highest BCUT2D eigenvalue weighted by atomic mass is 16.4. The fourth-order valence-electron chi connectivity index (χ4n) is 1.84.